The van der Waals surface area contributed by atoms with Crippen molar-refractivity contribution in [2.75, 3.05) is 18.0 Å². The first-order valence-corrected chi connectivity index (χ1v) is 11.8. The highest BCUT2D eigenvalue weighted by atomic mass is 35.5. The van der Waals surface area contributed by atoms with Crippen LogP contribution in [0.2, 0.25) is 5.02 Å². The molecule has 0 radical (unpaired) electrons. The van der Waals surface area contributed by atoms with Crippen LogP contribution in [0.15, 0.2) is 58.1 Å². The normalized spacial score (nSPS) is 12.2. The maximum absolute atomic E-state index is 6.07. The molecule has 0 spiro atoms. The Morgan fingerprint density at radius 3 is 2.44 bits per heavy atom. The van der Waals surface area contributed by atoms with E-state index < -0.39 is 0 Å². The molecule has 4 rings (SSSR count). The zero-order valence-electron chi connectivity index (χ0n) is 18.5. The first kappa shape index (κ1) is 22.4. The minimum Gasteiger partial charge on any atom is -0.419 e. The van der Waals surface area contributed by atoms with E-state index in [2.05, 4.69) is 63.4 Å². The molecule has 2 aromatic carbocycles. The van der Waals surface area contributed by atoms with E-state index in [1.807, 2.05) is 36.7 Å². The second kappa shape index (κ2) is 9.75. The van der Waals surface area contributed by atoms with Crippen LogP contribution in [0.3, 0.4) is 0 Å². The lowest BCUT2D eigenvalue weighted by molar-refractivity contribution is 0.508. The van der Waals surface area contributed by atoms with Gasteiger partial charge in [-0.05, 0) is 63.2 Å². The predicted molar refractivity (Wildman–Crippen MR) is 129 cm³/mol. The SMILES string of the molecule is CCN(CC)c1ccc(-c2nnc(S[C@H](C)c3nnc(-c4cccc(Cl)c4)o3)n2C)cc1. The van der Waals surface area contributed by atoms with Crippen molar-refractivity contribution < 1.29 is 4.42 Å². The molecular weight excluding hydrogens is 444 g/mol. The number of halogens is 1. The third-order valence-electron chi connectivity index (χ3n) is 5.23. The lowest BCUT2D eigenvalue weighted by Crippen LogP contribution is -2.21. The third kappa shape index (κ3) is 4.66. The minimum absolute atomic E-state index is 0.0868. The maximum Gasteiger partial charge on any atom is 0.247 e. The Hall–Kier alpha value is -2.84. The molecule has 0 fully saturated rings. The first-order valence-electron chi connectivity index (χ1n) is 10.5. The van der Waals surface area contributed by atoms with Gasteiger partial charge >= 0.3 is 0 Å². The van der Waals surface area contributed by atoms with Crippen LogP contribution in [0.1, 0.15) is 31.9 Å². The molecule has 0 bridgehead atoms. The molecule has 0 aliphatic carbocycles. The van der Waals surface area contributed by atoms with E-state index in [0.29, 0.717) is 16.8 Å². The highest BCUT2D eigenvalue weighted by Gasteiger charge is 2.20. The van der Waals surface area contributed by atoms with Crippen molar-refractivity contribution >= 4 is 29.1 Å². The lowest BCUT2D eigenvalue weighted by atomic mass is 10.2. The van der Waals surface area contributed by atoms with Gasteiger partial charge in [0.05, 0.1) is 5.25 Å². The molecule has 2 aromatic heterocycles. The Labute approximate surface area is 196 Å². The Morgan fingerprint density at radius 1 is 1.00 bits per heavy atom. The average Bonchev–Trinajstić information content (AvgIpc) is 3.43. The number of hydrogen-bond donors (Lipinski definition) is 0. The van der Waals surface area contributed by atoms with E-state index in [-0.39, 0.29) is 5.25 Å². The minimum atomic E-state index is -0.0868. The van der Waals surface area contributed by atoms with Crippen LogP contribution in [-0.2, 0) is 7.05 Å². The summed E-state index contributed by atoms with van der Waals surface area (Å²) in [5.74, 6) is 1.79. The van der Waals surface area contributed by atoms with Gasteiger partial charge < -0.3 is 13.9 Å². The standard InChI is InChI=1S/C23H25ClN6OS/c1-5-30(6-2)19-12-10-16(11-13-19)20-25-28-23(29(20)4)32-15(3)21-26-27-22(31-21)17-8-7-9-18(24)14-17/h7-15H,5-6H2,1-4H3/t15-/m1/s1. The molecule has 0 unspecified atom stereocenters. The van der Waals surface area contributed by atoms with Gasteiger partial charge in [-0.3, -0.25) is 0 Å². The summed E-state index contributed by atoms with van der Waals surface area (Å²) in [5.41, 5.74) is 3.02. The lowest BCUT2D eigenvalue weighted by Gasteiger charge is -2.21. The Bertz CT molecular complexity index is 1190. The van der Waals surface area contributed by atoms with Crippen LogP contribution in [0.25, 0.3) is 22.8 Å². The fourth-order valence-corrected chi connectivity index (χ4v) is 4.46. The smallest absolute Gasteiger partial charge is 0.247 e. The number of aromatic nitrogens is 5. The van der Waals surface area contributed by atoms with Crippen molar-refractivity contribution in [2.24, 2.45) is 7.05 Å². The van der Waals surface area contributed by atoms with E-state index in [1.165, 1.54) is 17.4 Å². The van der Waals surface area contributed by atoms with Gasteiger partial charge in [-0.25, -0.2) is 0 Å². The first-order chi connectivity index (χ1) is 15.5. The van der Waals surface area contributed by atoms with E-state index in [1.54, 1.807) is 6.07 Å². The highest BCUT2D eigenvalue weighted by molar-refractivity contribution is 7.99. The Morgan fingerprint density at radius 2 is 1.75 bits per heavy atom. The van der Waals surface area contributed by atoms with Gasteiger partial charge in [0.25, 0.3) is 0 Å². The van der Waals surface area contributed by atoms with Crippen molar-refractivity contribution in [3.8, 4) is 22.8 Å². The van der Waals surface area contributed by atoms with E-state index >= 15 is 0 Å². The summed E-state index contributed by atoms with van der Waals surface area (Å²) in [6.45, 7) is 8.28. The second-order valence-electron chi connectivity index (χ2n) is 7.30. The molecular formula is C23H25ClN6OS. The van der Waals surface area contributed by atoms with E-state index in [4.69, 9.17) is 16.0 Å². The van der Waals surface area contributed by atoms with Gasteiger partial charge in [0.15, 0.2) is 11.0 Å². The number of nitrogens with zero attached hydrogens (tertiary/aromatic N) is 6. The van der Waals surface area contributed by atoms with Crippen LogP contribution >= 0.6 is 23.4 Å². The molecule has 0 aliphatic heterocycles. The number of anilines is 1. The predicted octanol–water partition coefficient (Wildman–Crippen LogP) is 5.89. The fraction of sp³-hybridized carbons (Fsp3) is 0.304. The Balaban J connectivity index is 1.49. The number of benzene rings is 2. The molecule has 2 heterocycles. The topological polar surface area (TPSA) is 72.9 Å². The third-order valence-corrected chi connectivity index (χ3v) is 6.59. The van der Waals surface area contributed by atoms with Crippen LogP contribution in [0.5, 0.6) is 0 Å². The van der Waals surface area contributed by atoms with Gasteiger partial charge in [0, 0.05) is 42.0 Å². The average molecular weight is 469 g/mol. The molecule has 1 atom stereocenters. The van der Waals surface area contributed by atoms with Crippen molar-refractivity contribution in [3.05, 3.63) is 59.4 Å². The molecule has 166 valence electrons. The summed E-state index contributed by atoms with van der Waals surface area (Å²) < 4.78 is 7.87. The Kier molecular flexibility index (Phi) is 6.81. The molecule has 0 aliphatic rings. The van der Waals surface area contributed by atoms with Gasteiger partial charge in [-0.2, -0.15) is 0 Å². The molecule has 0 saturated heterocycles. The van der Waals surface area contributed by atoms with Gasteiger partial charge in [-0.15, -0.1) is 20.4 Å². The highest BCUT2D eigenvalue weighted by Crippen LogP contribution is 2.35. The summed E-state index contributed by atoms with van der Waals surface area (Å²) in [6.07, 6.45) is 0. The summed E-state index contributed by atoms with van der Waals surface area (Å²) in [7, 11) is 1.97. The molecule has 9 heteroatoms. The molecule has 0 N–H and O–H groups in total. The number of rotatable bonds is 8. The van der Waals surface area contributed by atoms with E-state index in [0.717, 1.165) is 35.2 Å². The maximum atomic E-state index is 6.07. The van der Waals surface area contributed by atoms with Crippen LogP contribution in [0.4, 0.5) is 5.69 Å². The van der Waals surface area contributed by atoms with Crippen molar-refractivity contribution in [2.45, 2.75) is 31.2 Å². The van der Waals surface area contributed by atoms with Gasteiger partial charge in [0.2, 0.25) is 11.8 Å². The molecule has 0 saturated carbocycles. The van der Waals surface area contributed by atoms with Crippen molar-refractivity contribution in [3.63, 3.8) is 0 Å². The summed E-state index contributed by atoms with van der Waals surface area (Å²) >= 11 is 7.59. The zero-order valence-corrected chi connectivity index (χ0v) is 20.1. The number of thioether (sulfide) groups is 1. The zero-order chi connectivity index (χ0) is 22.7. The van der Waals surface area contributed by atoms with Crippen molar-refractivity contribution in [1.29, 1.82) is 0 Å². The quantitative estimate of drug-likeness (QED) is 0.299. The summed E-state index contributed by atoms with van der Waals surface area (Å²) in [4.78, 5) is 2.31. The summed E-state index contributed by atoms with van der Waals surface area (Å²) in [5, 5.41) is 18.5. The van der Waals surface area contributed by atoms with Gasteiger partial charge in [0.1, 0.15) is 0 Å². The molecule has 0 amide bonds. The van der Waals surface area contributed by atoms with Gasteiger partial charge in [-0.1, -0.05) is 29.4 Å². The van der Waals surface area contributed by atoms with Crippen LogP contribution in [0, 0.1) is 0 Å². The van der Waals surface area contributed by atoms with Crippen molar-refractivity contribution in [1.82, 2.24) is 25.0 Å². The summed E-state index contributed by atoms with van der Waals surface area (Å²) in [6, 6.07) is 15.8. The number of hydrogen-bond acceptors (Lipinski definition) is 7. The van der Waals surface area contributed by atoms with E-state index in [9.17, 15) is 0 Å². The fourth-order valence-electron chi connectivity index (χ4n) is 3.42. The molecule has 32 heavy (non-hydrogen) atoms. The molecule has 4 aromatic rings. The van der Waals surface area contributed by atoms with Crippen LogP contribution < -0.4 is 4.90 Å². The van der Waals surface area contributed by atoms with Crippen LogP contribution in [-0.4, -0.2) is 38.1 Å². The monoisotopic (exact) mass is 468 g/mol. The molecule has 7 nitrogen and oxygen atoms in total. The largest absolute Gasteiger partial charge is 0.419 e. The second-order valence-corrected chi connectivity index (χ2v) is 9.04.